The van der Waals surface area contributed by atoms with Crippen LogP contribution in [0.25, 0.3) is 0 Å². The minimum absolute atomic E-state index is 1.36. The first-order chi connectivity index (χ1) is 6.65. The zero-order valence-electron chi connectivity index (χ0n) is 9.53. The highest BCUT2D eigenvalue weighted by Crippen LogP contribution is 2.03. The summed E-state index contributed by atoms with van der Waals surface area (Å²) in [6.07, 6.45) is 8.49. The standard InChI is InChI=1S/C8H18.CH5N.HNO3/c1-3-5-7-8-6-4-2;1-2;2-1(3)4/h3-8H2,1-2H3;2H2,1H3;(H,2,3,4). The summed E-state index contributed by atoms with van der Waals surface area (Å²) in [5.74, 6) is 0. The van der Waals surface area contributed by atoms with Gasteiger partial charge in [-0.3, -0.25) is 0 Å². The van der Waals surface area contributed by atoms with Gasteiger partial charge in [-0.2, -0.15) is 0 Å². The summed E-state index contributed by atoms with van der Waals surface area (Å²) in [5.41, 5.74) is 4.50. The maximum Gasteiger partial charge on any atom is 0.291 e. The van der Waals surface area contributed by atoms with E-state index >= 15 is 0 Å². The van der Waals surface area contributed by atoms with Crippen LogP contribution in [0.2, 0.25) is 0 Å². The van der Waals surface area contributed by atoms with Gasteiger partial charge in [0.1, 0.15) is 0 Å². The van der Waals surface area contributed by atoms with E-state index in [-0.39, 0.29) is 0 Å². The first kappa shape index (κ1) is 18.9. The van der Waals surface area contributed by atoms with Crippen LogP contribution in [0.1, 0.15) is 52.4 Å². The Kier molecular flexibility index (Phi) is 30.6. The molecule has 14 heavy (non-hydrogen) atoms. The van der Waals surface area contributed by atoms with Gasteiger partial charge in [0, 0.05) is 0 Å². The van der Waals surface area contributed by atoms with Crippen molar-refractivity contribution in [2.24, 2.45) is 5.73 Å². The van der Waals surface area contributed by atoms with Crippen LogP contribution in [-0.2, 0) is 0 Å². The van der Waals surface area contributed by atoms with Gasteiger partial charge in [-0.15, -0.1) is 10.1 Å². The lowest BCUT2D eigenvalue weighted by molar-refractivity contribution is -0.742. The molecule has 88 valence electrons. The highest BCUT2D eigenvalue weighted by atomic mass is 16.9. The fraction of sp³-hybridized carbons (Fsp3) is 1.00. The predicted molar refractivity (Wildman–Crippen MR) is 57.9 cm³/mol. The van der Waals surface area contributed by atoms with E-state index in [1.165, 1.54) is 45.6 Å². The Labute approximate surface area is 86.4 Å². The third-order valence-corrected chi connectivity index (χ3v) is 1.46. The molecule has 0 aromatic rings. The average Bonchev–Trinajstić information content (AvgIpc) is 2.15. The van der Waals surface area contributed by atoms with Crippen molar-refractivity contribution < 1.29 is 10.3 Å². The fourth-order valence-electron chi connectivity index (χ4n) is 0.854. The average molecular weight is 208 g/mol. The molecule has 0 rings (SSSR count). The van der Waals surface area contributed by atoms with E-state index < -0.39 is 5.09 Å². The van der Waals surface area contributed by atoms with Crippen molar-refractivity contribution in [3.05, 3.63) is 10.1 Å². The summed E-state index contributed by atoms with van der Waals surface area (Å²) in [4.78, 5) is 8.36. The highest BCUT2D eigenvalue weighted by molar-refractivity contribution is 4.39. The van der Waals surface area contributed by atoms with Crippen molar-refractivity contribution in [2.75, 3.05) is 7.05 Å². The molecule has 0 atom stereocenters. The van der Waals surface area contributed by atoms with E-state index in [0.717, 1.165) is 0 Å². The number of nitrogens with two attached hydrogens (primary N) is 1. The van der Waals surface area contributed by atoms with Gasteiger partial charge in [-0.25, -0.2) is 0 Å². The summed E-state index contributed by atoms with van der Waals surface area (Å²) in [7, 11) is 1.50. The molecule has 0 fully saturated rings. The molecular formula is C9H24N2O3. The third-order valence-electron chi connectivity index (χ3n) is 1.46. The van der Waals surface area contributed by atoms with Crippen LogP contribution in [0.5, 0.6) is 0 Å². The molecule has 0 aliphatic carbocycles. The van der Waals surface area contributed by atoms with Gasteiger partial charge in [-0.05, 0) is 7.05 Å². The van der Waals surface area contributed by atoms with Gasteiger partial charge in [0.25, 0.3) is 5.09 Å². The molecule has 0 unspecified atom stereocenters. The van der Waals surface area contributed by atoms with Crippen LogP contribution in [-0.4, -0.2) is 17.3 Å². The zero-order valence-corrected chi connectivity index (χ0v) is 9.53. The largest absolute Gasteiger partial charge is 0.333 e. The number of rotatable bonds is 5. The summed E-state index contributed by atoms with van der Waals surface area (Å²) in [6, 6.07) is 0. The number of hydrogen-bond acceptors (Lipinski definition) is 3. The minimum Gasteiger partial charge on any atom is -0.333 e. The zero-order chi connectivity index (χ0) is 11.8. The van der Waals surface area contributed by atoms with Crippen LogP contribution in [0, 0.1) is 10.1 Å². The second-order valence-electron chi connectivity index (χ2n) is 2.65. The molecule has 0 aliphatic heterocycles. The second-order valence-corrected chi connectivity index (χ2v) is 2.65. The molecule has 0 spiro atoms. The Hall–Kier alpha value is -0.840. The van der Waals surface area contributed by atoms with Gasteiger partial charge < -0.3 is 10.9 Å². The van der Waals surface area contributed by atoms with Crippen molar-refractivity contribution in [3.63, 3.8) is 0 Å². The Balaban J connectivity index is -0.000000170. The normalized spacial score (nSPS) is 7.71. The molecule has 0 radical (unpaired) electrons. The van der Waals surface area contributed by atoms with Crippen molar-refractivity contribution in [1.82, 2.24) is 0 Å². The molecular weight excluding hydrogens is 184 g/mol. The molecule has 0 bridgehead atoms. The van der Waals surface area contributed by atoms with Crippen molar-refractivity contribution in [2.45, 2.75) is 52.4 Å². The molecule has 3 N–H and O–H groups in total. The summed E-state index contributed by atoms with van der Waals surface area (Å²) in [6.45, 7) is 4.51. The molecule has 5 heteroatoms. The number of unbranched alkanes of at least 4 members (excludes halogenated alkanes) is 5. The molecule has 0 aromatic carbocycles. The number of hydrogen-bond donors (Lipinski definition) is 2. The topological polar surface area (TPSA) is 89.4 Å². The van der Waals surface area contributed by atoms with Crippen molar-refractivity contribution in [1.29, 1.82) is 0 Å². The van der Waals surface area contributed by atoms with Crippen LogP contribution < -0.4 is 5.73 Å². The Bertz CT molecular complexity index is 90.1. The van der Waals surface area contributed by atoms with E-state index in [1.54, 1.807) is 0 Å². The lowest BCUT2D eigenvalue weighted by Gasteiger charge is -1.93. The Morgan fingerprint density at radius 3 is 1.43 bits per heavy atom. The smallest absolute Gasteiger partial charge is 0.291 e. The summed E-state index contributed by atoms with van der Waals surface area (Å²) < 4.78 is 0. The maximum atomic E-state index is 8.36. The molecule has 0 heterocycles. The second kappa shape index (κ2) is 22.7. The van der Waals surface area contributed by atoms with Gasteiger partial charge in [0.15, 0.2) is 0 Å². The quantitative estimate of drug-likeness (QED) is 0.413. The fourth-order valence-corrected chi connectivity index (χ4v) is 0.854. The van der Waals surface area contributed by atoms with Crippen LogP contribution in [0.15, 0.2) is 0 Å². The number of nitrogens with zero attached hydrogens (tertiary/aromatic N) is 1. The van der Waals surface area contributed by atoms with Gasteiger partial charge in [0.05, 0.1) is 0 Å². The molecule has 0 aromatic heterocycles. The lowest BCUT2D eigenvalue weighted by Crippen LogP contribution is -1.81. The highest BCUT2D eigenvalue weighted by Gasteiger charge is 1.83. The first-order valence-electron chi connectivity index (χ1n) is 5.06. The van der Waals surface area contributed by atoms with Crippen molar-refractivity contribution >= 4 is 0 Å². The van der Waals surface area contributed by atoms with Gasteiger partial charge >= 0.3 is 0 Å². The molecule has 0 saturated carbocycles. The Morgan fingerprint density at radius 2 is 1.29 bits per heavy atom. The lowest BCUT2D eigenvalue weighted by atomic mass is 10.1. The van der Waals surface area contributed by atoms with E-state index in [1.807, 2.05) is 0 Å². The Morgan fingerprint density at radius 1 is 1.07 bits per heavy atom. The monoisotopic (exact) mass is 208 g/mol. The molecule has 0 amide bonds. The van der Waals surface area contributed by atoms with Gasteiger partial charge in [-0.1, -0.05) is 52.4 Å². The molecule has 5 nitrogen and oxygen atoms in total. The maximum absolute atomic E-state index is 8.36. The van der Waals surface area contributed by atoms with E-state index in [4.69, 9.17) is 15.3 Å². The van der Waals surface area contributed by atoms with E-state index in [2.05, 4.69) is 19.6 Å². The SMILES string of the molecule is CCCCCCCC.CN.O=[N+]([O-])O. The van der Waals surface area contributed by atoms with Crippen LogP contribution in [0.4, 0.5) is 0 Å². The molecule has 0 aliphatic rings. The van der Waals surface area contributed by atoms with E-state index in [0.29, 0.717) is 0 Å². The minimum atomic E-state index is -1.50. The van der Waals surface area contributed by atoms with Crippen molar-refractivity contribution in [3.8, 4) is 0 Å². The molecule has 0 saturated heterocycles. The van der Waals surface area contributed by atoms with E-state index in [9.17, 15) is 0 Å². The summed E-state index contributed by atoms with van der Waals surface area (Å²) >= 11 is 0. The van der Waals surface area contributed by atoms with Gasteiger partial charge in [0.2, 0.25) is 0 Å². The summed E-state index contributed by atoms with van der Waals surface area (Å²) in [5, 5.41) is 13.6. The first-order valence-corrected chi connectivity index (χ1v) is 5.06. The predicted octanol–water partition coefficient (Wildman–Crippen LogP) is 2.59. The van der Waals surface area contributed by atoms with Crippen LogP contribution in [0.3, 0.4) is 0 Å². The third kappa shape index (κ3) is 66.6. The van der Waals surface area contributed by atoms with Crippen LogP contribution >= 0.6 is 0 Å².